The van der Waals surface area contributed by atoms with E-state index in [2.05, 4.69) is 14.9 Å². The third kappa shape index (κ3) is 4.49. The summed E-state index contributed by atoms with van der Waals surface area (Å²) in [5.41, 5.74) is 0.856. The van der Waals surface area contributed by atoms with Crippen molar-refractivity contribution in [2.75, 3.05) is 6.54 Å². The molecule has 3 rings (SSSR count). The topological polar surface area (TPSA) is 85.1 Å². The molecule has 8 heteroatoms. The predicted octanol–water partition coefficient (Wildman–Crippen LogP) is 2.79. The van der Waals surface area contributed by atoms with Crippen LogP contribution in [0.1, 0.15) is 12.3 Å². The molecule has 0 aliphatic carbocycles. The molecule has 0 saturated carbocycles. The number of halogens is 1. The Morgan fingerprint density at radius 1 is 1.04 bits per heavy atom. The van der Waals surface area contributed by atoms with Crippen molar-refractivity contribution in [2.24, 2.45) is 0 Å². The van der Waals surface area contributed by atoms with Gasteiger partial charge >= 0.3 is 0 Å². The van der Waals surface area contributed by atoms with Crippen molar-refractivity contribution >= 4 is 10.0 Å². The summed E-state index contributed by atoms with van der Waals surface area (Å²) < 4.78 is 44.6. The van der Waals surface area contributed by atoms with E-state index in [0.29, 0.717) is 24.6 Å². The molecular weight excluding hydrogens is 345 g/mol. The first-order valence-corrected chi connectivity index (χ1v) is 9.16. The molecule has 0 aliphatic rings. The zero-order chi connectivity index (χ0) is 17.7. The molecule has 0 unspecified atom stereocenters. The molecule has 0 aliphatic heterocycles. The van der Waals surface area contributed by atoms with Gasteiger partial charge in [0.15, 0.2) is 0 Å². The highest BCUT2D eigenvalue weighted by atomic mass is 32.2. The van der Waals surface area contributed by atoms with Crippen molar-refractivity contribution < 1.29 is 17.3 Å². The fourth-order valence-corrected chi connectivity index (χ4v) is 3.28. The number of hydrogen-bond donors (Lipinski definition) is 1. The average molecular weight is 361 g/mol. The standard InChI is InChI=1S/C17H16FN3O3S/c18-14-8-10-15(11-9-14)25(22,23)19-12-4-7-16-20-17(21-24-16)13-5-2-1-3-6-13/h1-3,5-6,8-11,19H,4,7,12H2. The van der Waals surface area contributed by atoms with Gasteiger partial charge in [-0.2, -0.15) is 4.98 Å². The first-order valence-electron chi connectivity index (χ1n) is 7.68. The van der Waals surface area contributed by atoms with E-state index in [1.165, 1.54) is 12.1 Å². The summed E-state index contributed by atoms with van der Waals surface area (Å²) in [6.45, 7) is 0.211. The molecule has 3 aromatic rings. The quantitative estimate of drug-likeness (QED) is 0.654. The van der Waals surface area contributed by atoms with Gasteiger partial charge in [-0.25, -0.2) is 17.5 Å². The lowest BCUT2D eigenvalue weighted by atomic mass is 10.2. The van der Waals surface area contributed by atoms with Gasteiger partial charge in [0.05, 0.1) is 4.90 Å². The van der Waals surface area contributed by atoms with E-state index in [-0.39, 0.29) is 11.4 Å². The molecule has 0 saturated heterocycles. The fraction of sp³-hybridized carbons (Fsp3) is 0.176. The van der Waals surface area contributed by atoms with Crippen LogP contribution in [0.25, 0.3) is 11.4 Å². The Hall–Kier alpha value is -2.58. The number of aromatic nitrogens is 2. The maximum atomic E-state index is 12.9. The van der Waals surface area contributed by atoms with Crippen LogP contribution in [0.5, 0.6) is 0 Å². The van der Waals surface area contributed by atoms with Crippen LogP contribution in [0.15, 0.2) is 64.0 Å². The summed E-state index contributed by atoms with van der Waals surface area (Å²) in [6.07, 6.45) is 0.947. The Balaban J connectivity index is 1.52. The van der Waals surface area contributed by atoms with Crippen LogP contribution in [-0.4, -0.2) is 25.1 Å². The second-order valence-corrected chi connectivity index (χ2v) is 7.10. The Kier molecular flexibility index (Phi) is 5.20. The van der Waals surface area contributed by atoms with E-state index in [4.69, 9.17) is 4.52 Å². The highest BCUT2D eigenvalue weighted by molar-refractivity contribution is 7.89. The van der Waals surface area contributed by atoms with Gasteiger partial charge in [-0.15, -0.1) is 0 Å². The van der Waals surface area contributed by atoms with Crippen LogP contribution in [0.4, 0.5) is 4.39 Å². The minimum absolute atomic E-state index is 0.0260. The summed E-state index contributed by atoms with van der Waals surface area (Å²) in [4.78, 5) is 4.31. The van der Waals surface area contributed by atoms with Gasteiger partial charge in [0, 0.05) is 18.5 Å². The molecule has 25 heavy (non-hydrogen) atoms. The molecule has 0 atom stereocenters. The number of benzene rings is 2. The molecule has 0 bridgehead atoms. The summed E-state index contributed by atoms with van der Waals surface area (Å²) in [5.74, 6) is 0.465. The third-order valence-corrected chi connectivity index (χ3v) is 4.96. The molecule has 1 N–H and O–H groups in total. The fourth-order valence-electron chi connectivity index (χ4n) is 2.20. The highest BCUT2D eigenvalue weighted by Gasteiger charge is 2.14. The maximum Gasteiger partial charge on any atom is 0.240 e. The van der Waals surface area contributed by atoms with Crippen LogP contribution >= 0.6 is 0 Å². The van der Waals surface area contributed by atoms with Gasteiger partial charge in [0.2, 0.25) is 21.7 Å². The van der Waals surface area contributed by atoms with Crippen molar-refractivity contribution in [2.45, 2.75) is 17.7 Å². The van der Waals surface area contributed by atoms with Gasteiger partial charge in [0.1, 0.15) is 5.82 Å². The second kappa shape index (κ2) is 7.54. The first kappa shape index (κ1) is 17.2. The van der Waals surface area contributed by atoms with Crippen molar-refractivity contribution in [1.82, 2.24) is 14.9 Å². The van der Waals surface area contributed by atoms with Crippen LogP contribution in [0.3, 0.4) is 0 Å². The lowest BCUT2D eigenvalue weighted by Crippen LogP contribution is -2.25. The predicted molar refractivity (Wildman–Crippen MR) is 89.6 cm³/mol. The zero-order valence-electron chi connectivity index (χ0n) is 13.2. The first-order chi connectivity index (χ1) is 12.0. The SMILES string of the molecule is O=S(=O)(NCCCc1nc(-c2ccccc2)no1)c1ccc(F)cc1. The molecular formula is C17H16FN3O3S. The van der Waals surface area contributed by atoms with Crippen molar-refractivity contribution in [3.05, 3.63) is 66.3 Å². The number of sulfonamides is 1. The zero-order valence-corrected chi connectivity index (χ0v) is 14.0. The van der Waals surface area contributed by atoms with Crippen LogP contribution in [-0.2, 0) is 16.4 Å². The number of hydrogen-bond acceptors (Lipinski definition) is 5. The van der Waals surface area contributed by atoms with Gasteiger partial charge < -0.3 is 4.52 Å². The molecule has 1 aromatic heterocycles. The number of rotatable bonds is 7. The van der Waals surface area contributed by atoms with E-state index in [1.807, 2.05) is 30.3 Å². The van der Waals surface area contributed by atoms with E-state index >= 15 is 0 Å². The lowest BCUT2D eigenvalue weighted by molar-refractivity contribution is 0.376. The highest BCUT2D eigenvalue weighted by Crippen LogP contribution is 2.15. The number of aryl methyl sites for hydroxylation is 1. The minimum atomic E-state index is -3.65. The summed E-state index contributed by atoms with van der Waals surface area (Å²) in [7, 11) is -3.65. The molecule has 0 spiro atoms. The molecule has 1 heterocycles. The smallest absolute Gasteiger partial charge is 0.240 e. The van der Waals surface area contributed by atoms with Gasteiger partial charge in [-0.1, -0.05) is 35.5 Å². The van der Waals surface area contributed by atoms with Crippen molar-refractivity contribution in [3.63, 3.8) is 0 Å². The second-order valence-electron chi connectivity index (χ2n) is 5.33. The molecule has 2 aromatic carbocycles. The maximum absolute atomic E-state index is 12.9. The van der Waals surface area contributed by atoms with Gasteiger partial charge in [-0.05, 0) is 30.7 Å². The third-order valence-electron chi connectivity index (χ3n) is 3.48. The molecule has 0 fully saturated rings. The number of nitrogens with zero attached hydrogens (tertiary/aromatic N) is 2. The van der Waals surface area contributed by atoms with Crippen molar-refractivity contribution in [3.8, 4) is 11.4 Å². The van der Waals surface area contributed by atoms with E-state index < -0.39 is 15.8 Å². The van der Waals surface area contributed by atoms with E-state index in [1.54, 1.807) is 0 Å². The molecule has 6 nitrogen and oxygen atoms in total. The van der Waals surface area contributed by atoms with Crippen LogP contribution in [0, 0.1) is 5.82 Å². The average Bonchev–Trinajstić information content (AvgIpc) is 3.09. The Morgan fingerprint density at radius 2 is 1.76 bits per heavy atom. The number of nitrogens with one attached hydrogen (secondary N) is 1. The van der Waals surface area contributed by atoms with Crippen LogP contribution in [0.2, 0.25) is 0 Å². The van der Waals surface area contributed by atoms with Crippen LogP contribution < -0.4 is 4.72 Å². The molecule has 0 amide bonds. The van der Waals surface area contributed by atoms with E-state index in [9.17, 15) is 12.8 Å². The summed E-state index contributed by atoms with van der Waals surface area (Å²) in [6, 6.07) is 14.1. The Morgan fingerprint density at radius 3 is 2.48 bits per heavy atom. The lowest BCUT2D eigenvalue weighted by Gasteiger charge is -2.05. The van der Waals surface area contributed by atoms with Gasteiger partial charge in [0.25, 0.3) is 0 Å². The summed E-state index contributed by atoms with van der Waals surface area (Å²) in [5, 5.41) is 3.91. The molecule has 130 valence electrons. The molecule has 0 radical (unpaired) electrons. The normalized spacial score (nSPS) is 11.6. The Bertz CT molecular complexity index is 925. The van der Waals surface area contributed by atoms with Gasteiger partial charge in [-0.3, -0.25) is 0 Å². The summed E-state index contributed by atoms with van der Waals surface area (Å²) >= 11 is 0. The largest absolute Gasteiger partial charge is 0.339 e. The Labute approximate surface area is 144 Å². The van der Waals surface area contributed by atoms with E-state index in [0.717, 1.165) is 17.7 Å². The van der Waals surface area contributed by atoms with Crippen molar-refractivity contribution in [1.29, 1.82) is 0 Å². The monoisotopic (exact) mass is 361 g/mol. The minimum Gasteiger partial charge on any atom is -0.339 e.